The van der Waals surface area contributed by atoms with Crippen LogP contribution in [0.4, 0.5) is 0 Å². The minimum atomic E-state index is -3.50. The van der Waals surface area contributed by atoms with E-state index in [1.165, 1.54) is 0 Å². The topological polar surface area (TPSA) is 50.3 Å². The maximum Gasteiger partial charge on any atom is 0.245 e. The maximum absolute atomic E-state index is 13.1. The predicted molar refractivity (Wildman–Crippen MR) is 88.2 cm³/mol. The Kier molecular flexibility index (Phi) is 3.95. The molecule has 4 nitrogen and oxygen atoms in total. The first-order valence-corrected chi connectivity index (χ1v) is 9.17. The van der Waals surface area contributed by atoms with Gasteiger partial charge in [0.05, 0.1) is 5.52 Å². The molecule has 0 aliphatic carbocycles. The molecule has 1 saturated heterocycles. The van der Waals surface area contributed by atoms with Crippen LogP contribution in [-0.4, -0.2) is 30.8 Å². The van der Waals surface area contributed by atoms with Crippen LogP contribution >= 0.6 is 0 Å². The second-order valence-corrected chi connectivity index (χ2v) is 8.51. The number of aromatic nitrogens is 1. The second-order valence-electron chi connectivity index (χ2n) is 6.61. The van der Waals surface area contributed by atoms with Crippen molar-refractivity contribution >= 4 is 20.9 Å². The highest BCUT2D eigenvalue weighted by atomic mass is 32.2. The van der Waals surface area contributed by atoms with Crippen LogP contribution in [-0.2, 0) is 10.0 Å². The molecule has 0 radical (unpaired) electrons. The Morgan fingerprint density at radius 2 is 1.86 bits per heavy atom. The van der Waals surface area contributed by atoms with Crippen LogP contribution in [0.1, 0.15) is 25.8 Å². The largest absolute Gasteiger partial charge is 0.255 e. The second kappa shape index (κ2) is 5.63. The van der Waals surface area contributed by atoms with Gasteiger partial charge in [0, 0.05) is 24.7 Å². The molecule has 1 aliphatic heterocycles. The van der Waals surface area contributed by atoms with Gasteiger partial charge in [-0.05, 0) is 42.9 Å². The fraction of sp³-hybridized carbons (Fsp3) is 0.471. The summed E-state index contributed by atoms with van der Waals surface area (Å²) in [7, 11) is -3.50. The first-order chi connectivity index (χ1) is 10.4. The molecule has 2 heterocycles. The minimum absolute atomic E-state index is 0.325. The summed E-state index contributed by atoms with van der Waals surface area (Å²) in [6.45, 7) is 7.37. The molecule has 0 amide bonds. The summed E-state index contributed by atoms with van der Waals surface area (Å²) < 4.78 is 27.8. The van der Waals surface area contributed by atoms with Gasteiger partial charge < -0.3 is 0 Å². The molecule has 0 spiro atoms. The van der Waals surface area contributed by atoms with Gasteiger partial charge in [-0.1, -0.05) is 26.0 Å². The lowest BCUT2D eigenvalue weighted by molar-refractivity contribution is 0.222. The molecule has 2 atom stereocenters. The van der Waals surface area contributed by atoms with Crippen molar-refractivity contribution in [3.8, 4) is 0 Å². The quantitative estimate of drug-likeness (QED) is 0.854. The third kappa shape index (κ3) is 2.75. The number of aryl methyl sites for hydroxylation is 1. The molecule has 0 bridgehead atoms. The maximum atomic E-state index is 13.1. The van der Waals surface area contributed by atoms with Gasteiger partial charge in [-0.15, -0.1) is 0 Å². The molecule has 3 rings (SSSR count). The average Bonchev–Trinajstić information content (AvgIpc) is 2.45. The molecule has 22 heavy (non-hydrogen) atoms. The standard InChI is InChI=1S/C17H22N2O2S/c1-12-8-15-5-4-6-16(17(15)18-9-12)22(20,21)19-10-13(2)7-14(3)11-19/h4-6,8-9,13-14H,7,10-11H2,1-3H3. The zero-order valence-corrected chi connectivity index (χ0v) is 14.1. The van der Waals surface area contributed by atoms with Crippen LogP contribution in [0.5, 0.6) is 0 Å². The van der Waals surface area contributed by atoms with E-state index in [-0.39, 0.29) is 0 Å². The van der Waals surface area contributed by atoms with E-state index in [1.54, 1.807) is 22.6 Å². The summed E-state index contributed by atoms with van der Waals surface area (Å²) in [4.78, 5) is 4.70. The third-order valence-corrected chi connectivity index (χ3v) is 6.13. The van der Waals surface area contributed by atoms with Gasteiger partial charge in [0.25, 0.3) is 0 Å². The lowest BCUT2D eigenvalue weighted by Gasteiger charge is -2.34. The third-order valence-electron chi connectivity index (χ3n) is 4.26. The molecule has 2 aromatic rings. The van der Waals surface area contributed by atoms with E-state index in [0.717, 1.165) is 17.4 Å². The van der Waals surface area contributed by atoms with Crippen LogP contribution in [0.2, 0.25) is 0 Å². The van der Waals surface area contributed by atoms with Crippen molar-refractivity contribution < 1.29 is 8.42 Å². The van der Waals surface area contributed by atoms with Crippen molar-refractivity contribution in [3.63, 3.8) is 0 Å². The van der Waals surface area contributed by atoms with Gasteiger partial charge in [0.2, 0.25) is 10.0 Å². The summed E-state index contributed by atoms with van der Waals surface area (Å²) in [5.74, 6) is 0.785. The fourth-order valence-corrected chi connectivity index (χ4v) is 5.24. The van der Waals surface area contributed by atoms with Gasteiger partial charge in [-0.3, -0.25) is 4.98 Å². The lowest BCUT2D eigenvalue weighted by atomic mass is 9.94. The zero-order valence-electron chi connectivity index (χ0n) is 13.3. The Hall–Kier alpha value is -1.46. The smallest absolute Gasteiger partial charge is 0.245 e. The highest BCUT2D eigenvalue weighted by Crippen LogP contribution is 2.29. The van der Waals surface area contributed by atoms with Crippen molar-refractivity contribution in [2.75, 3.05) is 13.1 Å². The summed E-state index contributed by atoms with van der Waals surface area (Å²) in [6.07, 6.45) is 2.81. The zero-order chi connectivity index (χ0) is 15.9. The highest BCUT2D eigenvalue weighted by Gasteiger charge is 2.32. The molecule has 1 aromatic heterocycles. The number of piperidine rings is 1. The number of rotatable bonds is 2. The number of pyridine rings is 1. The van der Waals surface area contributed by atoms with E-state index < -0.39 is 10.0 Å². The van der Waals surface area contributed by atoms with Crippen molar-refractivity contribution in [2.45, 2.75) is 32.1 Å². The summed E-state index contributed by atoms with van der Waals surface area (Å²) in [5, 5.41) is 0.874. The van der Waals surface area contributed by atoms with E-state index in [4.69, 9.17) is 0 Å². The SMILES string of the molecule is Cc1cnc2c(S(=O)(=O)N3CC(C)CC(C)C3)cccc2c1. The average molecular weight is 318 g/mol. The van der Waals surface area contributed by atoms with Crippen molar-refractivity contribution in [3.05, 3.63) is 36.0 Å². The van der Waals surface area contributed by atoms with Gasteiger partial charge in [-0.2, -0.15) is 4.31 Å². The van der Waals surface area contributed by atoms with Gasteiger partial charge in [0.1, 0.15) is 4.90 Å². The number of sulfonamides is 1. The summed E-state index contributed by atoms with van der Waals surface area (Å²) >= 11 is 0. The number of hydrogen-bond acceptors (Lipinski definition) is 3. The summed E-state index contributed by atoms with van der Waals surface area (Å²) in [5.41, 5.74) is 1.60. The normalized spacial score (nSPS) is 23.8. The number of para-hydroxylation sites is 1. The van der Waals surface area contributed by atoms with E-state index in [9.17, 15) is 8.42 Å². The number of hydrogen-bond donors (Lipinski definition) is 0. The highest BCUT2D eigenvalue weighted by molar-refractivity contribution is 7.89. The number of benzene rings is 1. The molecule has 2 unspecified atom stereocenters. The molecule has 0 N–H and O–H groups in total. The lowest BCUT2D eigenvalue weighted by Crippen LogP contribution is -2.42. The van der Waals surface area contributed by atoms with Gasteiger partial charge in [0.15, 0.2) is 0 Å². The fourth-order valence-electron chi connectivity index (χ4n) is 3.39. The van der Waals surface area contributed by atoms with Crippen LogP contribution in [0.3, 0.4) is 0 Å². The van der Waals surface area contributed by atoms with Gasteiger partial charge in [-0.25, -0.2) is 8.42 Å². The van der Waals surface area contributed by atoms with Crippen LogP contribution in [0.25, 0.3) is 10.9 Å². The molecule has 0 saturated carbocycles. The molecule has 1 aromatic carbocycles. The van der Waals surface area contributed by atoms with E-state index in [1.807, 2.05) is 19.1 Å². The van der Waals surface area contributed by atoms with Crippen LogP contribution in [0.15, 0.2) is 35.4 Å². The summed E-state index contributed by atoms with van der Waals surface area (Å²) in [6, 6.07) is 7.36. The first-order valence-electron chi connectivity index (χ1n) is 7.73. The van der Waals surface area contributed by atoms with Crippen LogP contribution in [0, 0.1) is 18.8 Å². The Morgan fingerprint density at radius 1 is 1.18 bits per heavy atom. The molecular formula is C17H22N2O2S. The van der Waals surface area contributed by atoms with E-state index in [0.29, 0.717) is 35.3 Å². The predicted octanol–water partition coefficient (Wildman–Crippen LogP) is 3.21. The monoisotopic (exact) mass is 318 g/mol. The van der Waals surface area contributed by atoms with Crippen molar-refractivity contribution in [2.24, 2.45) is 11.8 Å². The number of nitrogens with zero attached hydrogens (tertiary/aromatic N) is 2. The molecule has 1 fully saturated rings. The molecule has 1 aliphatic rings. The molecule has 5 heteroatoms. The minimum Gasteiger partial charge on any atom is -0.255 e. The van der Waals surface area contributed by atoms with E-state index >= 15 is 0 Å². The Morgan fingerprint density at radius 3 is 2.55 bits per heavy atom. The Labute approximate surface area is 132 Å². The Bertz CT molecular complexity index is 791. The van der Waals surface area contributed by atoms with Crippen molar-refractivity contribution in [1.29, 1.82) is 0 Å². The number of fused-ring (bicyclic) bond motifs is 1. The molecule has 118 valence electrons. The van der Waals surface area contributed by atoms with Gasteiger partial charge >= 0.3 is 0 Å². The Balaban J connectivity index is 2.09. The molecular weight excluding hydrogens is 296 g/mol. The van der Waals surface area contributed by atoms with E-state index in [2.05, 4.69) is 18.8 Å². The first kappa shape index (κ1) is 15.4. The van der Waals surface area contributed by atoms with Crippen LogP contribution < -0.4 is 0 Å². The van der Waals surface area contributed by atoms with Crippen molar-refractivity contribution in [1.82, 2.24) is 9.29 Å².